The van der Waals surface area contributed by atoms with Crippen molar-refractivity contribution in [2.75, 3.05) is 0 Å². The van der Waals surface area contributed by atoms with E-state index in [1.165, 1.54) is 25.0 Å². The predicted molar refractivity (Wildman–Crippen MR) is 84.7 cm³/mol. The molecule has 1 aromatic rings. The van der Waals surface area contributed by atoms with Crippen LogP contribution in [0.5, 0.6) is 0 Å². The van der Waals surface area contributed by atoms with Gasteiger partial charge in [-0.2, -0.15) is 0 Å². The lowest BCUT2D eigenvalue weighted by Crippen LogP contribution is -2.40. The molecule has 1 fully saturated rings. The third-order valence-corrected chi connectivity index (χ3v) is 5.65. The van der Waals surface area contributed by atoms with Crippen molar-refractivity contribution in [1.29, 1.82) is 0 Å². The summed E-state index contributed by atoms with van der Waals surface area (Å²) >= 11 is 0. The molecule has 4 rings (SSSR count). The Balaban J connectivity index is 1.73. The zero-order valence-corrected chi connectivity index (χ0v) is 13.3. The SMILES string of the molecule is FC1C=CC(C2(c3nnc4n3CCCCCC4)CCC2)=CC1F. The van der Waals surface area contributed by atoms with E-state index < -0.39 is 12.3 Å². The summed E-state index contributed by atoms with van der Waals surface area (Å²) in [4.78, 5) is 0. The molecule has 0 N–H and O–H groups in total. The number of rotatable bonds is 2. The van der Waals surface area contributed by atoms with Crippen molar-refractivity contribution in [1.82, 2.24) is 14.8 Å². The molecule has 124 valence electrons. The van der Waals surface area contributed by atoms with Gasteiger partial charge in [-0.1, -0.05) is 25.3 Å². The molecule has 23 heavy (non-hydrogen) atoms. The van der Waals surface area contributed by atoms with Crippen molar-refractivity contribution in [3.8, 4) is 0 Å². The molecule has 0 spiro atoms. The third kappa shape index (κ3) is 2.45. The molecular weight excluding hydrogens is 296 g/mol. The molecule has 2 unspecified atom stereocenters. The standard InChI is InChI=1S/C18H23F2N3/c19-14-8-7-13(12-15(14)20)18(9-5-10-18)17-22-21-16-6-3-1-2-4-11-23(16)17/h7-8,12,14-15H,1-6,9-11H2. The smallest absolute Gasteiger partial charge is 0.154 e. The van der Waals surface area contributed by atoms with Crippen LogP contribution in [-0.2, 0) is 18.4 Å². The van der Waals surface area contributed by atoms with E-state index in [1.807, 2.05) is 0 Å². The zero-order valence-electron chi connectivity index (χ0n) is 13.3. The number of hydrogen-bond acceptors (Lipinski definition) is 2. The minimum Gasteiger partial charge on any atom is -0.314 e. The Bertz CT molecular complexity index is 643. The molecule has 1 aromatic heterocycles. The summed E-state index contributed by atoms with van der Waals surface area (Å²) in [5.41, 5.74) is 0.633. The molecule has 0 amide bonds. The summed E-state index contributed by atoms with van der Waals surface area (Å²) in [5.74, 6) is 2.03. The van der Waals surface area contributed by atoms with Crippen LogP contribution in [-0.4, -0.2) is 27.1 Å². The van der Waals surface area contributed by atoms with E-state index in [1.54, 1.807) is 6.08 Å². The molecule has 5 heteroatoms. The first-order valence-electron chi connectivity index (χ1n) is 8.82. The van der Waals surface area contributed by atoms with Crippen molar-refractivity contribution in [2.45, 2.75) is 75.7 Å². The van der Waals surface area contributed by atoms with Gasteiger partial charge in [0.25, 0.3) is 0 Å². The van der Waals surface area contributed by atoms with E-state index in [2.05, 4.69) is 14.8 Å². The van der Waals surface area contributed by atoms with Gasteiger partial charge in [0.05, 0.1) is 5.41 Å². The fraction of sp³-hybridized carbons (Fsp3) is 0.667. The van der Waals surface area contributed by atoms with Gasteiger partial charge in [0.15, 0.2) is 12.3 Å². The lowest BCUT2D eigenvalue weighted by Gasteiger charge is -2.43. The van der Waals surface area contributed by atoms with Gasteiger partial charge in [0.1, 0.15) is 11.6 Å². The summed E-state index contributed by atoms with van der Waals surface area (Å²) in [7, 11) is 0. The lowest BCUT2D eigenvalue weighted by molar-refractivity contribution is 0.229. The fourth-order valence-electron chi connectivity index (χ4n) is 4.13. The normalized spacial score (nSPS) is 29.9. The quantitative estimate of drug-likeness (QED) is 0.825. The van der Waals surface area contributed by atoms with Gasteiger partial charge in [-0.3, -0.25) is 0 Å². The molecule has 1 aliphatic heterocycles. The van der Waals surface area contributed by atoms with Gasteiger partial charge in [0, 0.05) is 13.0 Å². The van der Waals surface area contributed by atoms with Gasteiger partial charge >= 0.3 is 0 Å². The van der Waals surface area contributed by atoms with Crippen LogP contribution in [0.3, 0.4) is 0 Å². The molecular formula is C18H23F2N3. The summed E-state index contributed by atoms with van der Waals surface area (Å²) < 4.78 is 29.6. The van der Waals surface area contributed by atoms with E-state index in [4.69, 9.17) is 0 Å². The predicted octanol–water partition coefficient (Wildman–Crippen LogP) is 3.99. The van der Waals surface area contributed by atoms with Gasteiger partial charge in [-0.25, -0.2) is 8.78 Å². The van der Waals surface area contributed by atoms with Gasteiger partial charge in [0.2, 0.25) is 0 Å². The molecule has 2 aliphatic carbocycles. The second kappa shape index (κ2) is 5.84. The number of alkyl halides is 2. The van der Waals surface area contributed by atoms with Crippen molar-refractivity contribution in [3.63, 3.8) is 0 Å². The average Bonchev–Trinajstić information content (AvgIpc) is 2.84. The molecule has 3 aliphatic rings. The molecule has 0 radical (unpaired) electrons. The molecule has 0 saturated heterocycles. The van der Waals surface area contributed by atoms with Crippen molar-refractivity contribution < 1.29 is 8.78 Å². The summed E-state index contributed by atoms with van der Waals surface area (Å²) in [6.45, 7) is 0.946. The van der Waals surface area contributed by atoms with Crippen LogP contribution in [0.4, 0.5) is 8.78 Å². The number of allylic oxidation sites excluding steroid dienone is 4. The zero-order chi connectivity index (χ0) is 15.9. The molecule has 2 heterocycles. The first-order chi connectivity index (χ1) is 11.2. The van der Waals surface area contributed by atoms with E-state index in [-0.39, 0.29) is 5.41 Å². The Kier molecular flexibility index (Phi) is 3.82. The molecule has 0 bridgehead atoms. The number of hydrogen-bond donors (Lipinski definition) is 0. The minimum atomic E-state index is -1.54. The summed E-state index contributed by atoms with van der Waals surface area (Å²) in [5, 5.41) is 8.95. The number of halogens is 2. The van der Waals surface area contributed by atoms with Crippen molar-refractivity contribution in [2.24, 2.45) is 0 Å². The average molecular weight is 319 g/mol. The molecule has 0 aromatic carbocycles. The van der Waals surface area contributed by atoms with E-state index in [0.29, 0.717) is 0 Å². The second-order valence-electron chi connectivity index (χ2n) is 7.06. The van der Waals surface area contributed by atoms with Crippen LogP contribution in [0, 0.1) is 0 Å². The Morgan fingerprint density at radius 2 is 1.83 bits per heavy atom. The van der Waals surface area contributed by atoms with Crippen LogP contribution in [0.25, 0.3) is 0 Å². The maximum Gasteiger partial charge on any atom is 0.154 e. The number of nitrogens with zero attached hydrogens (tertiary/aromatic N) is 3. The highest BCUT2D eigenvalue weighted by atomic mass is 19.2. The molecule has 3 nitrogen and oxygen atoms in total. The Labute approximate surface area is 135 Å². The fourth-order valence-corrected chi connectivity index (χ4v) is 4.13. The number of aryl methyl sites for hydroxylation is 1. The monoisotopic (exact) mass is 319 g/mol. The Morgan fingerprint density at radius 3 is 2.57 bits per heavy atom. The van der Waals surface area contributed by atoms with Crippen LogP contribution in [0.15, 0.2) is 23.8 Å². The highest BCUT2D eigenvalue weighted by molar-refractivity contribution is 5.43. The second-order valence-corrected chi connectivity index (χ2v) is 7.06. The highest BCUT2D eigenvalue weighted by Crippen LogP contribution is 2.50. The van der Waals surface area contributed by atoms with Crippen molar-refractivity contribution >= 4 is 0 Å². The van der Waals surface area contributed by atoms with Gasteiger partial charge in [-0.15, -0.1) is 10.2 Å². The van der Waals surface area contributed by atoms with Gasteiger partial charge in [-0.05, 0) is 43.4 Å². The van der Waals surface area contributed by atoms with Gasteiger partial charge < -0.3 is 4.57 Å². The topological polar surface area (TPSA) is 30.7 Å². The van der Waals surface area contributed by atoms with Crippen LogP contribution >= 0.6 is 0 Å². The van der Waals surface area contributed by atoms with E-state index >= 15 is 0 Å². The van der Waals surface area contributed by atoms with E-state index in [0.717, 1.165) is 62.3 Å². The molecule has 1 saturated carbocycles. The highest BCUT2D eigenvalue weighted by Gasteiger charge is 2.46. The van der Waals surface area contributed by atoms with Crippen LogP contribution < -0.4 is 0 Å². The first kappa shape index (κ1) is 15.0. The first-order valence-corrected chi connectivity index (χ1v) is 8.82. The van der Waals surface area contributed by atoms with E-state index in [9.17, 15) is 8.78 Å². The Hall–Kier alpha value is -1.52. The largest absolute Gasteiger partial charge is 0.314 e. The summed E-state index contributed by atoms with van der Waals surface area (Å²) in [6.07, 6.45) is 10.3. The summed E-state index contributed by atoms with van der Waals surface area (Å²) in [6, 6.07) is 0. The lowest BCUT2D eigenvalue weighted by atomic mass is 9.62. The number of aromatic nitrogens is 3. The Morgan fingerprint density at radius 1 is 1.00 bits per heavy atom. The van der Waals surface area contributed by atoms with Crippen molar-refractivity contribution in [3.05, 3.63) is 35.4 Å². The number of fused-ring (bicyclic) bond motifs is 1. The van der Waals surface area contributed by atoms with Crippen LogP contribution in [0.1, 0.15) is 56.6 Å². The maximum atomic E-state index is 13.9. The minimum absolute atomic E-state index is 0.259. The maximum absolute atomic E-state index is 13.9. The van der Waals surface area contributed by atoms with Crippen LogP contribution in [0.2, 0.25) is 0 Å². The third-order valence-electron chi connectivity index (χ3n) is 5.65. The molecule has 2 atom stereocenters.